The fourth-order valence-corrected chi connectivity index (χ4v) is 2.09. The van der Waals surface area contributed by atoms with Crippen LogP contribution in [0.25, 0.3) is 0 Å². The third-order valence-corrected chi connectivity index (χ3v) is 3.10. The summed E-state index contributed by atoms with van der Waals surface area (Å²) < 4.78 is 0. The van der Waals surface area contributed by atoms with Crippen molar-refractivity contribution in [1.29, 1.82) is 0 Å². The summed E-state index contributed by atoms with van der Waals surface area (Å²) in [6, 6.07) is 9.52. The van der Waals surface area contributed by atoms with Gasteiger partial charge in [-0.25, -0.2) is 0 Å². The number of aromatic hydroxyl groups is 1. The van der Waals surface area contributed by atoms with E-state index in [2.05, 4.69) is 11.1 Å². The van der Waals surface area contributed by atoms with Crippen LogP contribution in [0.5, 0.6) is 5.75 Å². The van der Waals surface area contributed by atoms with Crippen molar-refractivity contribution in [2.75, 3.05) is 6.54 Å². The maximum absolute atomic E-state index is 12.4. The summed E-state index contributed by atoms with van der Waals surface area (Å²) in [7, 11) is 0. The minimum Gasteiger partial charge on any atom is -0.506 e. The number of benzene rings is 1. The molecule has 1 heterocycles. The van der Waals surface area contributed by atoms with Crippen molar-refractivity contribution in [3.8, 4) is 5.75 Å². The SMILES string of the molecule is CCN(Cc1cccc(C)c1)C(=O)c1cncc(O)c1. The second-order valence-electron chi connectivity index (χ2n) is 4.74. The molecule has 2 rings (SSSR count). The highest BCUT2D eigenvalue weighted by atomic mass is 16.3. The van der Waals surface area contributed by atoms with Gasteiger partial charge in [-0.1, -0.05) is 29.8 Å². The molecule has 104 valence electrons. The van der Waals surface area contributed by atoms with Crippen molar-refractivity contribution < 1.29 is 9.90 Å². The van der Waals surface area contributed by atoms with E-state index >= 15 is 0 Å². The fraction of sp³-hybridized carbons (Fsp3) is 0.250. The number of pyridine rings is 1. The van der Waals surface area contributed by atoms with Gasteiger partial charge in [0.25, 0.3) is 5.91 Å². The van der Waals surface area contributed by atoms with Crippen molar-refractivity contribution in [2.24, 2.45) is 0 Å². The minimum atomic E-state index is -0.127. The van der Waals surface area contributed by atoms with Crippen LogP contribution in [0.3, 0.4) is 0 Å². The van der Waals surface area contributed by atoms with Crippen LogP contribution >= 0.6 is 0 Å². The van der Waals surface area contributed by atoms with E-state index in [4.69, 9.17) is 0 Å². The zero-order valence-electron chi connectivity index (χ0n) is 11.7. The fourth-order valence-electron chi connectivity index (χ4n) is 2.09. The van der Waals surface area contributed by atoms with Gasteiger partial charge < -0.3 is 10.0 Å². The monoisotopic (exact) mass is 270 g/mol. The Labute approximate surface area is 118 Å². The molecule has 1 N–H and O–H groups in total. The van der Waals surface area contributed by atoms with E-state index in [-0.39, 0.29) is 11.7 Å². The lowest BCUT2D eigenvalue weighted by Crippen LogP contribution is -2.30. The Morgan fingerprint density at radius 3 is 2.75 bits per heavy atom. The first kappa shape index (κ1) is 14.1. The average molecular weight is 270 g/mol. The van der Waals surface area contributed by atoms with Gasteiger partial charge in [-0.15, -0.1) is 0 Å². The number of aryl methyl sites for hydroxylation is 1. The Bertz CT molecular complexity index is 611. The first-order valence-corrected chi connectivity index (χ1v) is 6.59. The Balaban J connectivity index is 2.18. The van der Waals surface area contributed by atoms with Crippen molar-refractivity contribution >= 4 is 5.91 Å². The van der Waals surface area contributed by atoms with Gasteiger partial charge in [-0.05, 0) is 25.5 Å². The predicted octanol–water partition coefficient (Wildman–Crippen LogP) is 2.76. The van der Waals surface area contributed by atoms with Gasteiger partial charge in [0.1, 0.15) is 5.75 Å². The summed E-state index contributed by atoms with van der Waals surface area (Å²) in [5.74, 6) is -0.125. The van der Waals surface area contributed by atoms with Gasteiger partial charge in [-0.2, -0.15) is 0 Å². The molecule has 2 aromatic rings. The molecule has 1 amide bonds. The summed E-state index contributed by atoms with van der Waals surface area (Å²) in [6.07, 6.45) is 2.79. The summed E-state index contributed by atoms with van der Waals surface area (Å²) in [5.41, 5.74) is 2.66. The summed E-state index contributed by atoms with van der Waals surface area (Å²) in [4.78, 5) is 18.0. The lowest BCUT2D eigenvalue weighted by molar-refractivity contribution is 0.0751. The standard InChI is InChI=1S/C16H18N2O2/c1-3-18(11-13-6-4-5-12(2)7-13)16(20)14-8-15(19)10-17-9-14/h4-10,19H,3,11H2,1-2H3. The minimum absolute atomic E-state index is 0.00228. The molecule has 0 aliphatic rings. The number of amides is 1. The number of hydrogen-bond donors (Lipinski definition) is 1. The number of aromatic nitrogens is 1. The van der Waals surface area contributed by atoms with E-state index in [1.54, 1.807) is 4.90 Å². The molecule has 0 unspecified atom stereocenters. The molecule has 0 bridgehead atoms. The van der Waals surface area contributed by atoms with Crippen molar-refractivity contribution in [1.82, 2.24) is 9.88 Å². The van der Waals surface area contributed by atoms with E-state index in [9.17, 15) is 9.90 Å². The van der Waals surface area contributed by atoms with Crippen LogP contribution in [0.2, 0.25) is 0 Å². The van der Waals surface area contributed by atoms with Crippen LogP contribution < -0.4 is 0 Å². The van der Waals surface area contributed by atoms with Crippen LogP contribution in [-0.4, -0.2) is 27.4 Å². The highest BCUT2D eigenvalue weighted by Gasteiger charge is 2.15. The van der Waals surface area contributed by atoms with Crippen LogP contribution in [0.15, 0.2) is 42.7 Å². The molecule has 4 heteroatoms. The maximum atomic E-state index is 12.4. The molecule has 20 heavy (non-hydrogen) atoms. The van der Waals surface area contributed by atoms with Gasteiger partial charge in [0, 0.05) is 19.3 Å². The molecule has 1 aromatic carbocycles. The second-order valence-corrected chi connectivity index (χ2v) is 4.74. The highest BCUT2D eigenvalue weighted by Crippen LogP contribution is 2.14. The van der Waals surface area contributed by atoms with Crippen molar-refractivity contribution in [3.63, 3.8) is 0 Å². The first-order chi connectivity index (χ1) is 9.60. The third kappa shape index (κ3) is 3.35. The molecule has 0 saturated carbocycles. The molecule has 0 fully saturated rings. The van der Waals surface area contributed by atoms with Crippen molar-refractivity contribution in [2.45, 2.75) is 20.4 Å². The van der Waals surface area contributed by atoms with Gasteiger partial charge in [0.05, 0.1) is 11.8 Å². The summed E-state index contributed by atoms with van der Waals surface area (Å²) in [5, 5.41) is 9.41. The predicted molar refractivity (Wildman–Crippen MR) is 77.5 cm³/mol. The molecule has 1 aromatic heterocycles. The zero-order chi connectivity index (χ0) is 14.5. The molecule has 0 atom stereocenters. The Kier molecular flexibility index (Phi) is 4.35. The normalized spacial score (nSPS) is 10.3. The zero-order valence-corrected chi connectivity index (χ0v) is 11.7. The van der Waals surface area contributed by atoms with Gasteiger partial charge >= 0.3 is 0 Å². The van der Waals surface area contributed by atoms with E-state index in [0.29, 0.717) is 18.7 Å². The number of nitrogens with zero attached hydrogens (tertiary/aromatic N) is 2. The largest absolute Gasteiger partial charge is 0.506 e. The number of hydrogen-bond acceptors (Lipinski definition) is 3. The van der Waals surface area contributed by atoms with Crippen LogP contribution in [0, 0.1) is 6.92 Å². The molecular weight excluding hydrogens is 252 g/mol. The van der Waals surface area contributed by atoms with E-state index < -0.39 is 0 Å². The smallest absolute Gasteiger partial charge is 0.255 e. The Morgan fingerprint density at radius 2 is 2.10 bits per heavy atom. The van der Waals surface area contributed by atoms with Crippen LogP contribution in [0.4, 0.5) is 0 Å². The molecule has 0 aliphatic heterocycles. The van der Waals surface area contributed by atoms with Gasteiger partial charge in [-0.3, -0.25) is 9.78 Å². The molecule has 0 saturated heterocycles. The summed E-state index contributed by atoms with van der Waals surface area (Å²) >= 11 is 0. The van der Waals surface area contributed by atoms with Crippen LogP contribution in [-0.2, 0) is 6.54 Å². The van der Waals surface area contributed by atoms with E-state index in [1.807, 2.05) is 32.0 Å². The number of carbonyl (C=O) groups excluding carboxylic acids is 1. The third-order valence-electron chi connectivity index (χ3n) is 3.10. The average Bonchev–Trinajstić information content (AvgIpc) is 2.44. The molecular formula is C16H18N2O2. The molecule has 0 radical (unpaired) electrons. The quantitative estimate of drug-likeness (QED) is 0.929. The summed E-state index contributed by atoms with van der Waals surface area (Å²) in [6.45, 7) is 5.11. The Morgan fingerprint density at radius 1 is 1.30 bits per heavy atom. The second kappa shape index (κ2) is 6.19. The van der Waals surface area contributed by atoms with Gasteiger partial charge in [0.15, 0.2) is 0 Å². The van der Waals surface area contributed by atoms with Gasteiger partial charge in [0.2, 0.25) is 0 Å². The molecule has 4 nitrogen and oxygen atoms in total. The number of carbonyl (C=O) groups is 1. The number of rotatable bonds is 4. The first-order valence-electron chi connectivity index (χ1n) is 6.59. The van der Waals surface area contributed by atoms with Crippen molar-refractivity contribution in [3.05, 3.63) is 59.4 Å². The lowest BCUT2D eigenvalue weighted by atomic mass is 10.1. The highest BCUT2D eigenvalue weighted by molar-refractivity contribution is 5.94. The van der Waals surface area contributed by atoms with E-state index in [1.165, 1.54) is 24.0 Å². The van der Waals surface area contributed by atoms with Crippen LogP contribution in [0.1, 0.15) is 28.4 Å². The Hall–Kier alpha value is -2.36. The van der Waals surface area contributed by atoms with E-state index in [0.717, 1.165) is 5.56 Å². The molecule has 0 spiro atoms. The lowest BCUT2D eigenvalue weighted by Gasteiger charge is -2.21. The maximum Gasteiger partial charge on any atom is 0.255 e. The molecule has 0 aliphatic carbocycles. The topological polar surface area (TPSA) is 53.4 Å².